The van der Waals surface area contributed by atoms with E-state index >= 15 is 0 Å². The van der Waals surface area contributed by atoms with Crippen molar-refractivity contribution in [2.24, 2.45) is 5.92 Å². The highest BCUT2D eigenvalue weighted by Gasteiger charge is 2.23. The second kappa shape index (κ2) is 9.79. The monoisotopic (exact) mass is 421 g/mol. The van der Waals surface area contributed by atoms with Crippen LogP contribution >= 0.6 is 22.7 Å². The normalized spacial score (nSPS) is 19.0. The summed E-state index contributed by atoms with van der Waals surface area (Å²) in [4.78, 5) is 40.1. The lowest BCUT2D eigenvalue weighted by Gasteiger charge is -2.29. The van der Waals surface area contributed by atoms with Gasteiger partial charge in [0.2, 0.25) is 0 Å². The minimum Gasteiger partial charge on any atom is -0.455 e. The molecule has 2 N–H and O–H groups in total. The van der Waals surface area contributed by atoms with Gasteiger partial charge in [0.05, 0.1) is 12.1 Å². The quantitative estimate of drug-likeness (QED) is 0.697. The maximum Gasteiger partial charge on any atom is 0.321 e. The summed E-state index contributed by atoms with van der Waals surface area (Å²) in [6.07, 6.45) is 4.22. The smallest absolute Gasteiger partial charge is 0.321 e. The molecule has 0 aromatic carbocycles. The molecule has 2 heterocycles. The van der Waals surface area contributed by atoms with E-state index in [-0.39, 0.29) is 12.5 Å². The van der Waals surface area contributed by atoms with Crippen molar-refractivity contribution in [2.75, 3.05) is 6.61 Å². The predicted molar refractivity (Wildman–Crippen MR) is 108 cm³/mol. The Kier molecular flexibility index (Phi) is 7.16. The first-order valence-electron chi connectivity index (χ1n) is 9.24. The third kappa shape index (κ3) is 5.87. The van der Waals surface area contributed by atoms with Crippen LogP contribution < -0.4 is 10.6 Å². The van der Waals surface area contributed by atoms with E-state index in [0.717, 1.165) is 29.8 Å². The number of carbonyl (C=O) groups is 3. The van der Waals surface area contributed by atoms with E-state index < -0.39 is 24.5 Å². The number of thiazole rings is 1. The Labute approximate surface area is 171 Å². The number of aromatic nitrogens is 1. The van der Waals surface area contributed by atoms with Crippen LogP contribution in [0.25, 0.3) is 10.6 Å². The second-order valence-corrected chi connectivity index (χ2v) is 8.52. The third-order valence-corrected chi connectivity index (χ3v) is 6.31. The SMILES string of the molecule is C[C@@H]1CCCC[C@@H]1NC(=O)NC(=O)COC(=O)Cc1csc(-c2ccsc2)n1. The zero-order valence-electron chi connectivity index (χ0n) is 15.6. The standard InChI is InChI=1S/C19H23N3O4S2/c1-12-4-2-3-5-15(12)21-19(25)22-16(23)9-26-17(24)8-14-11-28-18(20-14)13-6-7-27-10-13/h6-7,10-12,15H,2-5,8-9H2,1H3,(H2,21,22,23,25)/t12-,15+/m1/s1. The number of ether oxygens (including phenoxy) is 1. The summed E-state index contributed by atoms with van der Waals surface area (Å²) in [5.41, 5.74) is 1.62. The average molecular weight is 422 g/mol. The molecule has 2 aromatic heterocycles. The number of nitrogens with zero attached hydrogens (tertiary/aromatic N) is 1. The van der Waals surface area contributed by atoms with Crippen LogP contribution in [0.3, 0.4) is 0 Å². The van der Waals surface area contributed by atoms with Gasteiger partial charge in [0.1, 0.15) is 5.01 Å². The van der Waals surface area contributed by atoms with Crippen LogP contribution in [-0.2, 0) is 20.7 Å². The molecule has 1 fully saturated rings. The van der Waals surface area contributed by atoms with Gasteiger partial charge in [-0.25, -0.2) is 9.78 Å². The molecule has 2 atom stereocenters. The Morgan fingerprint density at radius 3 is 2.82 bits per heavy atom. The van der Waals surface area contributed by atoms with Crippen LogP contribution in [0.4, 0.5) is 4.79 Å². The van der Waals surface area contributed by atoms with E-state index in [1.54, 1.807) is 16.7 Å². The number of rotatable bonds is 6. The van der Waals surface area contributed by atoms with E-state index in [2.05, 4.69) is 22.5 Å². The molecule has 1 saturated carbocycles. The Bertz CT molecular complexity index is 819. The van der Waals surface area contributed by atoms with Gasteiger partial charge in [-0.3, -0.25) is 14.9 Å². The van der Waals surface area contributed by atoms with Crippen LogP contribution in [0, 0.1) is 5.92 Å². The van der Waals surface area contributed by atoms with Crippen molar-refractivity contribution in [1.29, 1.82) is 0 Å². The van der Waals surface area contributed by atoms with E-state index in [4.69, 9.17) is 4.74 Å². The third-order valence-electron chi connectivity index (χ3n) is 4.69. The Morgan fingerprint density at radius 1 is 1.25 bits per heavy atom. The van der Waals surface area contributed by atoms with Crippen molar-refractivity contribution in [3.05, 3.63) is 27.9 Å². The topological polar surface area (TPSA) is 97.4 Å². The van der Waals surface area contributed by atoms with Crippen LogP contribution in [0.15, 0.2) is 22.2 Å². The summed E-state index contributed by atoms with van der Waals surface area (Å²) >= 11 is 3.04. The van der Waals surface area contributed by atoms with Gasteiger partial charge in [0.25, 0.3) is 5.91 Å². The molecule has 7 nitrogen and oxygen atoms in total. The van der Waals surface area contributed by atoms with Gasteiger partial charge in [0, 0.05) is 22.4 Å². The second-order valence-electron chi connectivity index (χ2n) is 6.88. The molecule has 9 heteroatoms. The van der Waals surface area contributed by atoms with Crippen molar-refractivity contribution < 1.29 is 19.1 Å². The molecule has 3 amide bonds. The number of hydrogen-bond acceptors (Lipinski definition) is 7. The molecular weight excluding hydrogens is 398 g/mol. The van der Waals surface area contributed by atoms with Gasteiger partial charge in [-0.1, -0.05) is 19.8 Å². The molecule has 0 unspecified atom stereocenters. The summed E-state index contributed by atoms with van der Waals surface area (Å²) in [5, 5.41) is 11.6. The molecule has 1 aliphatic carbocycles. The summed E-state index contributed by atoms with van der Waals surface area (Å²) in [7, 11) is 0. The lowest BCUT2D eigenvalue weighted by Crippen LogP contribution is -2.48. The van der Waals surface area contributed by atoms with Crippen molar-refractivity contribution in [3.8, 4) is 10.6 Å². The lowest BCUT2D eigenvalue weighted by molar-refractivity contribution is -0.147. The van der Waals surface area contributed by atoms with Crippen molar-refractivity contribution in [2.45, 2.75) is 45.1 Å². The summed E-state index contributed by atoms with van der Waals surface area (Å²) in [5.74, 6) is -0.810. The summed E-state index contributed by atoms with van der Waals surface area (Å²) < 4.78 is 4.96. The first-order valence-corrected chi connectivity index (χ1v) is 11.1. The molecule has 28 heavy (non-hydrogen) atoms. The van der Waals surface area contributed by atoms with Crippen LogP contribution in [-0.4, -0.2) is 35.5 Å². The van der Waals surface area contributed by atoms with Crippen LogP contribution in [0.1, 0.15) is 38.3 Å². The number of thiophene rings is 1. The first kappa shape index (κ1) is 20.5. The molecule has 1 aliphatic rings. The highest BCUT2D eigenvalue weighted by molar-refractivity contribution is 7.14. The van der Waals surface area contributed by atoms with Gasteiger partial charge in [-0.15, -0.1) is 11.3 Å². The zero-order valence-corrected chi connectivity index (χ0v) is 17.2. The maximum atomic E-state index is 11.9. The fourth-order valence-corrected chi connectivity index (χ4v) is 4.68. The van der Waals surface area contributed by atoms with Gasteiger partial charge >= 0.3 is 12.0 Å². The Hall–Kier alpha value is -2.26. The molecule has 0 saturated heterocycles. The number of amides is 3. The fourth-order valence-electron chi connectivity index (χ4n) is 3.15. The number of nitrogens with one attached hydrogen (secondary N) is 2. The highest BCUT2D eigenvalue weighted by atomic mass is 32.1. The van der Waals surface area contributed by atoms with Crippen LogP contribution in [0.5, 0.6) is 0 Å². The minimum atomic E-state index is -0.647. The number of carbonyl (C=O) groups excluding carboxylic acids is 3. The van der Waals surface area contributed by atoms with E-state index in [1.807, 2.05) is 16.8 Å². The Morgan fingerprint density at radius 2 is 2.07 bits per heavy atom. The summed E-state index contributed by atoms with van der Waals surface area (Å²) in [6.45, 7) is 1.60. The molecule has 0 aliphatic heterocycles. The number of hydrogen-bond donors (Lipinski definition) is 2. The molecule has 2 aromatic rings. The molecule has 0 bridgehead atoms. The van der Waals surface area contributed by atoms with Crippen molar-refractivity contribution in [3.63, 3.8) is 0 Å². The summed E-state index contributed by atoms with van der Waals surface area (Å²) in [6, 6.07) is 1.50. The van der Waals surface area contributed by atoms with Crippen molar-refractivity contribution >= 4 is 40.6 Å². The van der Waals surface area contributed by atoms with E-state index in [0.29, 0.717) is 11.6 Å². The van der Waals surface area contributed by atoms with Gasteiger partial charge in [-0.2, -0.15) is 11.3 Å². The van der Waals surface area contributed by atoms with Gasteiger partial charge in [0.15, 0.2) is 6.61 Å². The predicted octanol–water partition coefficient (Wildman–Crippen LogP) is 3.36. The lowest BCUT2D eigenvalue weighted by atomic mass is 9.86. The molecule has 0 radical (unpaired) electrons. The van der Waals surface area contributed by atoms with E-state index in [9.17, 15) is 14.4 Å². The van der Waals surface area contributed by atoms with Gasteiger partial charge in [-0.05, 0) is 30.2 Å². The molecule has 150 valence electrons. The van der Waals surface area contributed by atoms with Gasteiger partial charge < -0.3 is 10.1 Å². The van der Waals surface area contributed by atoms with Crippen molar-refractivity contribution in [1.82, 2.24) is 15.6 Å². The molecule has 0 spiro atoms. The fraction of sp³-hybridized carbons (Fsp3) is 0.474. The largest absolute Gasteiger partial charge is 0.455 e. The number of urea groups is 1. The zero-order chi connectivity index (χ0) is 19.9. The minimum absolute atomic E-state index is 0.0142. The molecular formula is C19H23N3O4S2. The van der Waals surface area contributed by atoms with Crippen LogP contribution in [0.2, 0.25) is 0 Å². The average Bonchev–Trinajstić information content (AvgIpc) is 3.33. The van der Waals surface area contributed by atoms with E-state index in [1.165, 1.54) is 17.8 Å². The first-order chi connectivity index (χ1) is 13.5. The number of imide groups is 1. The maximum absolute atomic E-state index is 11.9. The number of esters is 1. The highest BCUT2D eigenvalue weighted by Crippen LogP contribution is 2.26. The molecule has 3 rings (SSSR count). The Balaban J connectivity index is 1.38.